The van der Waals surface area contributed by atoms with Crippen molar-refractivity contribution < 1.29 is 103 Å². The number of halogens is 1. The fraction of sp³-hybridized carbons (Fsp3) is 0.469. The van der Waals surface area contributed by atoms with Gasteiger partial charge in [0.15, 0.2) is 5.82 Å². The van der Waals surface area contributed by atoms with Gasteiger partial charge < -0.3 is 22.7 Å². The first-order valence-corrected chi connectivity index (χ1v) is 16.0. The van der Waals surface area contributed by atoms with Crippen molar-refractivity contribution in [3.05, 3.63) is 86.8 Å². The van der Waals surface area contributed by atoms with E-state index in [0.29, 0.717) is 11.5 Å². The number of nitrogens with one attached hydrogen (secondary N) is 1. The van der Waals surface area contributed by atoms with Gasteiger partial charge in [-0.3, -0.25) is 9.56 Å². The molecule has 2 atom stereocenters. The number of hydrogen-bond donors (Lipinski definition) is 1. The van der Waals surface area contributed by atoms with E-state index in [1.165, 1.54) is 48.1 Å². The van der Waals surface area contributed by atoms with Crippen LogP contribution in [0.5, 0.6) is 0 Å². The Hall–Kier alpha value is 1.22. The Bertz CT molecular complexity index is 1340. The minimum Gasteiger partial charge on any atom is -0.782 e. The van der Waals surface area contributed by atoms with Gasteiger partial charge in [-0.25, -0.2) is 0 Å². The van der Waals surface area contributed by atoms with Crippen LogP contribution in [-0.4, -0.2) is 40.2 Å². The second kappa shape index (κ2) is 26.1. The molecule has 1 aromatic carbocycles. The third-order valence-corrected chi connectivity index (χ3v) is 8.57. The topological polar surface area (TPSA) is 64.3 Å². The molecule has 1 unspecified atom stereocenters. The first kappa shape index (κ1) is 48.3. The summed E-state index contributed by atoms with van der Waals surface area (Å²) in [6, 6.07) is 7.92. The molecule has 239 valence electrons. The van der Waals surface area contributed by atoms with Gasteiger partial charge in [-0.1, -0.05) is 62.9 Å². The van der Waals surface area contributed by atoms with E-state index in [2.05, 4.69) is 54.0 Å². The first-order chi connectivity index (χ1) is 19.8. The number of hydrogen-bond acceptors (Lipinski definition) is 7. The van der Waals surface area contributed by atoms with Crippen LogP contribution in [0.3, 0.4) is 0 Å². The largest absolute Gasteiger partial charge is 0.782 e. The molecule has 2 aromatic heterocycles. The molecular formula is C32H46ClN5OPS2Y3-. The van der Waals surface area contributed by atoms with Crippen molar-refractivity contribution in [1.82, 2.24) is 20.1 Å². The second-order valence-electron chi connectivity index (χ2n) is 10.2. The molecule has 0 aliphatic carbocycles. The maximum Gasteiger partial charge on any atom is 0.163 e. The van der Waals surface area contributed by atoms with Gasteiger partial charge >= 0.3 is 0 Å². The molecule has 3 radical (unpaired) electrons. The van der Waals surface area contributed by atoms with Crippen molar-refractivity contribution in [1.29, 1.82) is 0 Å². The summed E-state index contributed by atoms with van der Waals surface area (Å²) in [5, 5.41) is 13.8. The SMILES string of the molecule is C=CNCCCCCCCCOCC(=C)[S-].CC[C@H]1N=C(c2ccc(Cl)cc2)c2c(sc(C)c2C)-n2c(C)nnc21.P.[Y].[Y].[Y]. The van der Waals surface area contributed by atoms with Gasteiger partial charge in [0, 0.05) is 139 Å². The Balaban J connectivity index is 0. The van der Waals surface area contributed by atoms with Crippen LogP contribution >= 0.6 is 32.8 Å². The normalized spacial score (nSPS) is 12.6. The molecule has 3 aromatic rings. The van der Waals surface area contributed by atoms with Crippen LogP contribution in [0.25, 0.3) is 5.00 Å². The Morgan fingerprint density at radius 3 is 2.27 bits per heavy atom. The summed E-state index contributed by atoms with van der Waals surface area (Å²) < 4.78 is 7.51. The zero-order chi connectivity index (χ0) is 29.8. The summed E-state index contributed by atoms with van der Waals surface area (Å²) in [6.07, 6.45) is 10.2. The number of unbranched alkanes of at least 4 members (excludes halogenated alkanes) is 5. The monoisotopic (exact) mass is 913 g/mol. The Labute approximate surface area is 364 Å². The zero-order valence-corrected chi connectivity index (χ0v) is 39.6. The summed E-state index contributed by atoms with van der Waals surface area (Å²) in [6.45, 7) is 18.1. The summed E-state index contributed by atoms with van der Waals surface area (Å²) in [4.78, 5) is 7.10. The van der Waals surface area contributed by atoms with E-state index in [9.17, 15) is 0 Å². The van der Waals surface area contributed by atoms with E-state index in [4.69, 9.17) is 34.0 Å². The van der Waals surface area contributed by atoms with Crippen LogP contribution in [0.1, 0.15) is 91.1 Å². The second-order valence-corrected chi connectivity index (χ2v) is 12.4. The molecule has 1 aliphatic heterocycles. The van der Waals surface area contributed by atoms with Crippen molar-refractivity contribution in [3.63, 3.8) is 0 Å². The minimum atomic E-state index is -0.00816. The Morgan fingerprint density at radius 1 is 1.04 bits per heavy atom. The van der Waals surface area contributed by atoms with E-state index < -0.39 is 0 Å². The van der Waals surface area contributed by atoms with Crippen LogP contribution in [0.15, 0.2) is 53.5 Å². The molecule has 0 saturated heterocycles. The maximum absolute atomic E-state index is 6.09. The predicted molar refractivity (Wildman–Crippen MR) is 188 cm³/mol. The Morgan fingerprint density at radius 2 is 1.67 bits per heavy atom. The van der Waals surface area contributed by atoms with Gasteiger partial charge in [0.05, 0.1) is 5.71 Å². The maximum atomic E-state index is 6.09. The molecule has 0 amide bonds. The van der Waals surface area contributed by atoms with Crippen LogP contribution in [-0.2, 0) is 115 Å². The number of nitrogens with zero attached hydrogens (tertiary/aromatic N) is 4. The molecule has 13 heteroatoms. The molecule has 0 spiro atoms. The minimum absolute atomic E-state index is 0. The predicted octanol–water partition coefficient (Wildman–Crippen LogP) is 8.40. The quantitative estimate of drug-likeness (QED) is 0.100. The van der Waals surface area contributed by atoms with E-state index in [0.717, 1.165) is 58.9 Å². The molecule has 45 heavy (non-hydrogen) atoms. The molecular weight excluding hydrogens is 868 g/mol. The van der Waals surface area contributed by atoms with Crippen molar-refractivity contribution in [2.24, 2.45) is 4.99 Å². The van der Waals surface area contributed by atoms with Crippen molar-refractivity contribution in [2.45, 2.75) is 78.7 Å². The van der Waals surface area contributed by atoms with E-state index >= 15 is 0 Å². The number of thiophene rings is 1. The van der Waals surface area contributed by atoms with Crippen LogP contribution in [0.4, 0.5) is 0 Å². The Kier molecular flexibility index (Phi) is 28.0. The zero-order valence-electron chi connectivity index (χ0n) is 27.3. The standard InChI is InChI=1S/C19H19ClN4S.C13H25NOS.H3P.3Y/c1-5-15-18-23-22-12(4)24(18)19-16(10(2)11(3)25-19)17(21-15)13-6-8-14(20)9-7-13;1-3-14-10-8-6-4-5-7-9-11-15-12-13(2)16;;;;/h6-9,15H,5H2,1-4H3;3,14,16H,1-2,4-12H2;1H3;;;/p-1/t15-;;;;;/m1...../s1. The average molecular weight is 914 g/mol. The molecule has 4 rings (SSSR count). The molecule has 6 nitrogen and oxygen atoms in total. The van der Waals surface area contributed by atoms with Gasteiger partial charge in [0.25, 0.3) is 0 Å². The summed E-state index contributed by atoms with van der Waals surface area (Å²) in [7, 11) is 0. The molecule has 0 fully saturated rings. The summed E-state index contributed by atoms with van der Waals surface area (Å²) in [5.41, 5.74) is 4.56. The summed E-state index contributed by atoms with van der Waals surface area (Å²) in [5.74, 6) is 1.83. The van der Waals surface area contributed by atoms with Crippen LogP contribution in [0.2, 0.25) is 5.02 Å². The third-order valence-electron chi connectivity index (χ3n) is 7.01. The molecule has 0 saturated carbocycles. The van der Waals surface area contributed by atoms with Crippen molar-refractivity contribution in [2.75, 3.05) is 19.8 Å². The van der Waals surface area contributed by atoms with E-state index in [1.54, 1.807) is 17.5 Å². The van der Waals surface area contributed by atoms with Crippen molar-refractivity contribution >= 4 is 51.2 Å². The molecule has 1 aliphatic rings. The number of ether oxygens (including phenoxy) is 1. The van der Waals surface area contributed by atoms with Gasteiger partial charge in [0.1, 0.15) is 16.9 Å². The molecule has 1 N–H and O–H groups in total. The fourth-order valence-electron chi connectivity index (χ4n) is 4.70. The van der Waals surface area contributed by atoms with Crippen molar-refractivity contribution in [3.8, 4) is 5.00 Å². The van der Waals surface area contributed by atoms with Gasteiger partial charge in [-0.05, 0) is 63.9 Å². The van der Waals surface area contributed by atoms with Gasteiger partial charge in [-0.2, -0.15) is 14.8 Å². The van der Waals surface area contributed by atoms with Gasteiger partial charge in [-0.15, -0.1) is 28.1 Å². The van der Waals surface area contributed by atoms with E-state index in [-0.39, 0.29) is 114 Å². The van der Waals surface area contributed by atoms with E-state index in [1.807, 2.05) is 31.2 Å². The number of aromatic nitrogens is 3. The van der Waals surface area contributed by atoms with Crippen LogP contribution < -0.4 is 5.32 Å². The number of aryl methyl sites for hydroxylation is 2. The number of aliphatic imine (C=N–C) groups is 1. The number of benzene rings is 1. The number of rotatable bonds is 14. The third kappa shape index (κ3) is 14.9. The fourth-order valence-corrected chi connectivity index (χ4v) is 6.12. The smallest absolute Gasteiger partial charge is 0.163 e. The first-order valence-electron chi connectivity index (χ1n) is 14.4. The number of fused-ring (bicyclic) bond motifs is 3. The average Bonchev–Trinajstić information content (AvgIpc) is 3.42. The summed E-state index contributed by atoms with van der Waals surface area (Å²) >= 11 is 12.7. The molecule has 3 heterocycles. The van der Waals surface area contributed by atoms with Crippen LogP contribution in [0, 0.1) is 20.8 Å². The molecule has 0 bridgehead atoms. The van der Waals surface area contributed by atoms with Gasteiger partial charge in [0.2, 0.25) is 0 Å².